The number of ether oxygens (including phenoxy) is 1. The van der Waals surface area contributed by atoms with Gasteiger partial charge in [0.15, 0.2) is 0 Å². The zero-order chi connectivity index (χ0) is 11.8. The van der Waals surface area contributed by atoms with Crippen LogP contribution in [0.15, 0.2) is 23.0 Å². The van der Waals surface area contributed by atoms with Crippen LogP contribution in [0.5, 0.6) is 0 Å². The molecular weight excluding hydrogens is 202 g/mol. The zero-order valence-corrected chi connectivity index (χ0v) is 10.5. The molecule has 2 heterocycles. The fraction of sp³-hybridized carbons (Fsp3) is 0.692. The number of piperidine rings is 1. The first-order chi connectivity index (χ1) is 7.74. The molecule has 1 saturated heterocycles. The molecule has 1 fully saturated rings. The van der Waals surface area contributed by atoms with E-state index < -0.39 is 0 Å². The molecule has 0 bridgehead atoms. The van der Waals surface area contributed by atoms with E-state index in [2.05, 4.69) is 11.4 Å². The van der Waals surface area contributed by atoms with Crippen LogP contribution in [0.1, 0.15) is 38.2 Å². The summed E-state index contributed by atoms with van der Waals surface area (Å²) >= 11 is 0. The summed E-state index contributed by atoms with van der Waals surface area (Å²) in [7, 11) is 1.70. The molecule has 0 unspecified atom stereocenters. The van der Waals surface area contributed by atoms with Crippen molar-refractivity contribution in [3.8, 4) is 0 Å². The van der Waals surface area contributed by atoms with Gasteiger partial charge in [0.2, 0.25) is 0 Å². The minimum Gasteiger partial charge on any atom is -0.472 e. The van der Waals surface area contributed by atoms with Crippen LogP contribution in [0.3, 0.4) is 0 Å². The van der Waals surface area contributed by atoms with Gasteiger partial charge in [0.1, 0.15) is 0 Å². The molecule has 1 aliphatic heterocycles. The van der Waals surface area contributed by atoms with Gasteiger partial charge in [0.25, 0.3) is 0 Å². The molecule has 16 heavy (non-hydrogen) atoms. The van der Waals surface area contributed by atoms with E-state index in [9.17, 15) is 0 Å². The second-order valence-electron chi connectivity index (χ2n) is 4.37. The second-order valence-corrected chi connectivity index (χ2v) is 4.37. The van der Waals surface area contributed by atoms with E-state index in [-0.39, 0.29) is 0 Å². The summed E-state index contributed by atoms with van der Waals surface area (Å²) in [5.41, 5.74) is 1.37. The Bertz CT molecular complexity index is 251. The van der Waals surface area contributed by atoms with E-state index in [0.717, 1.165) is 19.0 Å². The quantitative estimate of drug-likeness (QED) is 0.840. The van der Waals surface area contributed by atoms with Crippen LogP contribution in [0.4, 0.5) is 0 Å². The minimum atomic E-state index is 0.384. The van der Waals surface area contributed by atoms with Crippen LogP contribution in [-0.2, 0) is 4.74 Å². The topological polar surface area (TPSA) is 34.4 Å². The lowest BCUT2D eigenvalue weighted by molar-refractivity contribution is 0.134. The Labute approximate surface area is 98.2 Å². The van der Waals surface area contributed by atoms with Gasteiger partial charge in [-0.15, -0.1) is 0 Å². The summed E-state index contributed by atoms with van der Waals surface area (Å²) in [6.07, 6.45) is 6.52. The van der Waals surface area contributed by atoms with Crippen LogP contribution in [0.2, 0.25) is 0 Å². The summed E-state index contributed by atoms with van der Waals surface area (Å²) in [6, 6.07) is 2.08. The molecule has 3 nitrogen and oxygen atoms in total. The van der Waals surface area contributed by atoms with Gasteiger partial charge in [0.05, 0.1) is 18.6 Å². The largest absolute Gasteiger partial charge is 0.472 e. The Morgan fingerprint density at radius 3 is 2.44 bits per heavy atom. The smallest absolute Gasteiger partial charge is 0.0937 e. The maximum atomic E-state index is 5.05. The van der Waals surface area contributed by atoms with Crippen molar-refractivity contribution in [1.82, 2.24) is 5.32 Å². The monoisotopic (exact) mass is 225 g/mol. The van der Waals surface area contributed by atoms with Crippen LogP contribution in [-0.4, -0.2) is 26.3 Å². The van der Waals surface area contributed by atoms with Gasteiger partial charge in [-0.1, -0.05) is 0 Å². The molecule has 0 aliphatic carbocycles. The maximum absolute atomic E-state index is 5.05. The highest BCUT2D eigenvalue weighted by molar-refractivity contribution is 5.13. The number of furan rings is 1. The normalized spacial score (nSPS) is 17.0. The molecule has 1 aliphatic rings. The Kier molecular flexibility index (Phi) is 6.19. The van der Waals surface area contributed by atoms with Gasteiger partial charge in [-0.05, 0) is 57.3 Å². The summed E-state index contributed by atoms with van der Waals surface area (Å²) in [4.78, 5) is 0. The lowest BCUT2D eigenvalue weighted by Gasteiger charge is -2.20. The molecule has 1 aromatic rings. The molecule has 0 radical (unpaired) electrons. The number of hydrogen-bond donors (Lipinski definition) is 1. The lowest BCUT2D eigenvalue weighted by Crippen LogP contribution is -2.26. The van der Waals surface area contributed by atoms with Gasteiger partial charge >= 0.3 is 0 Å². The summed E-state index contributed by atoms with van der Waals surface area (Å²) < 4.78 is 9.80. The average molecular weight is 225 g/mol. The standard InChI is InChI=1S/C9H13NO.C4H10O/c1-4-10-5-2-8(1)9-3-6-11-7-9;1-4(2)5-3/h3,6-8,10H,1-2,4-5H2;4H,1-3H3. The highest BCUT2D eigenvalue weighted by Gasteiger charge is 2.15. The first-order valence-corrected chi connectivity index (χ1v) is 5.99. The van der Waals surface area contributed by atoms with Crippen molar-refractivity contribution in [1.29, 1.82) is 0 Å². The Balaban J connectivity index is 0.000000221. The van der Waals surface area contributed by atoms with E-state index in [1.54, 1.807) is 13.4 Å². The third kappa shape index (κ3) is 4.81. The highest BCUT2D eigenvalue weighted by atomic mass is 16.5. The average Bonchev–Trinajstić information content (AvgIpc) is 2.84. The zero-order valence-electron chi connectivity index (χ0n) is 10.5. The molecule has 0 spiro atoms. The molecule has 92 valence electrons. The van der Waals surface area contributed by atoms with Crippen molar-refractivity contribution in [3.63, 3.8) is 0 Å². The molecular formula is C13H23NO2. The first-order valence-electron chi connectivity index (χ1n) is 5.99. The SMILES string of the molecule is COC(C)C.c1cc(C2CCNCC2)co1. The number of nitrogens with one attached hydrogen (secondary N) is 1. The Morgan fingerprint density at radius 2 is 2.00 bits per heavy atom. The van der Waals surface area contributed by atoms with Crippen molar-refractivity contribution >= 4 is 0 Å². The highest BCUT2D eigenvalue weighted by Crippen LogP contribution is 2.24. The van der Waals surface area contributed by atoms with Gasteiger partial charge in [-0.25, -0.2) is 0 Å². The van der Waals surface area contributed by atoms with E-state index >= 15 is 0 Å². The van der Waals surface area contributed by atoms with Crippen molar-refractivity contribution in [2.24, 2.45) is 0 Å². The van der Waals surface area contributed by atoms with E-state index in [1.165, 1.54) is 18.4 Å². The molecule has 0 saturated carbocycles. The van der Waals surface area contributed by atoms with Gasteiger partial charge in [0, 0.05) is 7.11 Å². The van der Waals surface area contributed by atoms with Gasteiger partial charge < -0.3 is 14.5 Å². The van der Waals surface area contributed by atoms with Gasteiger partial charge in [-0.2, -0.15) is 0 Å². The summed E-state index contributed by atoms with van der Waals surface area (Å²) in [5.74, 6) is 0.731. The van der Waals surface area contributed by atoms with Crippen LogP contribution >= 0.6 is 0 Å². The number of rotatable bonds is 2. The molecule has 2 rings (SSSR count). The first kappa shape index (κ1) is 13.3. The molecule has 0 atom stereocenters. The van der Waals surface area contributed by atoms with E-state index in [4.69, 9.17) is 9.15 Å². The van der Waals surface area contributed by atoms with Crippen molar-refractivity contribution in [3.05, 3.63) is 24.2 Å². The van der Waals surface area contributed by atoms with Gasteiger partial charge in [-0.3, -0.25) is 0 Å². The molecule has 3 heteroatoms. The number of methoxy groups -OCH3 is 1. The van der Waals surface area contributed by atoms with E-state index in [0.29, 0.717) is 6.10 Å². The van der Waals surface area contributed by atoms with E-state index in [1.807, 2.05) is 20.1 Å². The minimum absolute atomic E-state index is 0.384. The van der Waals surface area contributed by atoms with Crippen molar-refractivity contribution < 1.29 is 9.15 Å². The lowest BCUT2D eigenvalue weighted by atomic mass is 9.92. The maximum Gasteiger partial charge on any atom is 0.0937 e. The third-order valence-corrected chi connectivity index (χ3v) is 2.83. The fourth-order valence-electron chi connectivity index (χ4n) is 1.66. The van der Waals surface area contributed by atoms with Crippen LogP contribution < -0.4 is 5.32 Å². The number of hydrogen-bond acceptors (Lipinski definition) is 3. The third-order valence-electron chi connectivity index (χ3n) is 2.83. The fourth-order valence-corrected chi connectivity index (χ4v) is 1.66. The summed E-state index contributed by atoms with van der Waals surface area (Å²) in [6.45, 7) is 6.30. The predicted octanol–water partition coefficient (Wildman–Crippen LogP) is 2.79. The molecule has 1 aromatic heterocycles. The molecule has 1 N–H and O–H groups in total. The molecule has 0 aromatic carbocycles. The predicted molar refractivity (Wildman–Crippen MR) is 65.7 cm³/mol. The van der Waals surface area contributed by atoms with Crippen molar-refractivity contribution in [2.75, 3.05) is 20.2 Å². The van der Waals surface area contributed by atoms with Crippen LogP contribution in [0, 0.1) is 0 Å². The molecule has 0 amide bonds. The Hall–Kier alpha value is -0.800. The van der Waals surface area contributed by atoms with Crippen LogP contribution in [0.25, 0.3) is 0 Å². The second kappa shape index (κ2) is 7.47. The van der Waals surface area contributed by atoms with Crippen molar-refractivity contribution in [2.45, 2.75) is 38.7 Å². The Morgan fingerprint density at radius 1 is 1.38 bits per heavy atom. The summed E-state index contributed by atoms with van der Waals surface area (Å²) in [5, 5.41) is 3.35.